The molecular formula is C44H76N14O14. The molecule has 0 aliphatic rings. The number of ketones is 1. The third-order valence-electron chi connectivity index (χ3n) is 10.6. The summed E-state index contributed by atoms with van der Waals surface area (Å²) in [6, 6.07) is -8.48. The van der Waals surface area contributed by atoms with Crippen LogP contribution in [0, 0.1) is 5.41 Å². The number of primary amides is 2. The Labute approximate surface area is 417 Å². The van der Waals surface area contributed by atoms with E-state index in [4.69, 9.17) is 44.3 Å². The number of amidine groups is 1. The van der Waals surface area contributed by atoms with Crippen molar-refractivity contribution in [2.24, 2.45) is 33.7 Å². The summed E-state index contributed by atoms with van der Waals surface area (Å²) in [6.45, 7) is 2.87. The largest absolute Gasteiger partial charge is 0.481 e. The van der Waals surface area contributed by atoms with Crippen LogP contribution in [0.4, 0.5) is 0 Å². The molecular weight excluding hydrogens is 949 g/mol. The lowest BCUT2D eigenvalue weighted by atomic mass is 10.0. The van der Waals surface area contributed by atoms with Crippen molar-refractivity contribution in [3.63, 3.8) is 0 Å². The summed E-state index contributed by atoms with van der Waals surface area (Å²) in [7, 11) is 0. The molecule has 20 N–H and O–H groups in total. The molecule has 0 spiro atoms. The zero-order chi connectivity index (χ0) is 54.8. The van der Waals surface area contributed by atoms with Crippen LogP contribution in [0.5, 0.6) is 0 Å². The minimum atomic E-state index is -1.57. The smallest absolute Gasteiger partial charge is 0.303 e. The van der Waals surface area contributed by atoms with Gasteiger partial charge in [0.25, 0.3) is 0 Å². The summed E-state index contributed by atoms with van der Waals surface area (Å²) in [4.78, 5) is 157. The highest BCUT2D eigenvalue weighted by molar-refractivity contribution is 5.97. The normalized spacial score (nSPS) is 13.2. The predicted molar refractivity (Wildman–Crippen MR) is 260 cm³/mol. The fourth-order valence-electron chi connectivity index (χ4n) is 6.84. The Morgan fingerprint density at radius 2 is 0.917 bits per heavy atom. The molecule has 0 rings (SSSR count). The van der Waals surface area contributed by atoms with Crippen molar-refractivity contribution in [2.75, 3.05) is 13.1 Å². The van der Waals surface area contributed by atoms with E-state index in [-0.39, 0.29) is 140 Å². The molecule has 6 atom stereocenters. The lowest BCUT2D eigenvalue weighted by Crippen LogP contribution is -2.59. The minimum Gasteiger partial charge on any atom is -0.481 e. The zero-order valence-electron chi connectivity index (χ0n) is 41.1. The van der Waals surface area contributed by atoms with Crippen LogP contribution in [0.25, 0.3) is 0 Å². The van der Waals surface area contributed by atoms with E-state index < -0.39 is 114 Å². The lowest BCUT2D eigenvalue weighted by molar-refractivity contribution is -0.138. The van der Waals surface area contributed by atoms with E-state index in [0.29, 0.717) is 6.42 Å². The number of carbonyl (C=O) groups is 12. The van der Waals surface area contributed by atoms with Crippen molar-refractivity contribution in [3.8, 4) is 0 Å². The molecule has 0 aliphatic heterocycles. The molecule has 6 unspecified atom stereocenters. The second-order valence-corrected chi connectivity index (χ2v) is 17.0. The van der Waals surface area contributed by atoms with Gasteiger partial charge in [0, 0.05) is 65.0 Å². The molecule has 0 heterocycles. The van der Waals surface area contributed by atoms with E-state index in [0.717, 1.165) is 6.92 Å². The molecule has 28 nitrogen and oxygen atoms in total. The predicted octanol–water partition coefficient (Wildman–Crippen LogP) is -3.23. The third-order valence-corrected chi connectivity index (χ3v) is 10.6. The molecule has 0 aromatic rings. The first-order valence-electron chi connectivity index (χ1n) is 23.8. The topological polar surface area (TPSA) is 496 Å². The van der Waals surface area contributed by atoms with Gasteiger partial charge in [-0.3, -0.25) is 67.9 Å². The first kappa shape index (κ1) is 64.6. The molecule has 0 radical (unpaired) electrons. The number of guanidine groups is 1. The van der Waals surface area contributed by atoms with Crippen LogP contribution in [0.15, 0.2) is 4.99 Å². The van der Waals surface area contributed by atoms with Crippen LogP contribution in [-0.4, -0.2) is 142 Å². The maximum absolute atomic E-state index is 14.1. The van der Waals surface area contributed by atoms with Gasteiger partial charge in [-0.15, -0.1) is 0 Å². The van der Waals surface area contributed by atoms with Gasteiger partial charge in [0.15, 0.2) is 5.96 Å². The molecule has 9 amide bonds. The SMILES string of the molecule is CCCC(NC(=O)C(CCC(=O)NCCCC(=O)O)NC(=O)C(CCC(=O)CCCCC(=O)O)NC(C)=O)C(=O)NC(CCC(N)=O)C(=O)NC(CCCCC(=N)N)C(=O)NC(CCCN=C(N)N)C(N)=O. The number of hydrogen-bond donors (Lipinski definition) is 15. The van der Waals surface area contributed by atoms with E-state index in [1.165, 1.54) is 0 Å². The number of hydrogen-bond acceptors (Lipinski definition) is 14. The first-order valence-corrected chi connectivity index (χ1v) is 23.8. The van der Waals surface area contributed by atoms with Crippen molar-refractivity contribution in [2.45, 2.75) is 179 Å². The van der Waals surface area contributed by atoms with Gasteiger partial charge in [0.2, 0.25) is 53.2 Å². The Bertz CT molecular complexity index is 1910. The second kappa shape index (κ2) is 36.5. The maximum Gasteiger partial charge on any atom is 0.303 e. The van der Waals surface area contributed by atoms with Gasteiger partial charge in [-0.25, -0.2) is 0 Å². The number of nitrogens with zero attached hydrogens (tertiary/aromatic N) is 1. The number of nitrogens with one attached hydrogen (secondary N) is 8. The lowest BCUT2D eigenvalue weighted by Gasteiger charge is -2.27. The molecule has 0 aliphatic carbocycles. The average molecular weight is 1030 g/mol. The van der Waals surface area contributed by atoms with Crippen molar-refractivity contribution < 1.29 is 67.7 Å². The van der Waals surface area contributed by atoms with Gasteiger partial charge in [0.1, 0.15) is 42.0 Å². The summed E-state index contributed by atoms with van der Waals surface area (Å²) in [5, 5.41) is 42.8. The molecule has 0 bridgehead atoms. The highest BCUT2D eigenvalue weighted by Gasteiger charge is 2.33. The summed E-state index contributed by atoms with van der Waals surface area (Å²) in [6.07, 6.45) is -0.619. The quantitative estimate of drug-likeness (QED) is 0.0163. The highest BCUT2D eigenvalue weighted by Crippen LogP contribution is 2.11. The Hall–Kier alpha value is -7.42. The number of carboxylic acid groups (broad SMARTS) is 2. The second-order valence-electron chi connectivity index (χ2n) is 17.0. The van der Waals surface area contributed by atoms with E-state index in [1.807, 2.05) is 0 Å². The maximum atomic E-state index is 14.1. The van der Waals surface area contributed by atoms with Gasteiger partial charge in [-0.2, -0.15) is 0 Å². The van der Waals surface area contributed by atoms with Gasteiger partial charge in [-0.1, -0.05) is 19.8 Å². The Balaban J connectivity index is 6.64. The van der Waals surface area contributed by atoms with Gasteiger partial charge >= 0.3 is 11.9 Å². The van der Waals surface area contributed by atoms with Gasteiger partial charge in [0.05, 0.1) is 5.84 Å². The number of aliphatic carboxylic acids is 2. The van der Waals surface area contributed by atoms with Crippen LogP contribution in [0.3, 0.4) is 0 Å². The summed E-state index contributed by atoms with van der Waals surface area (Å²) in [5.41, 5.74) is 27.1. The number of nitrogens with two attached hydrogens (primary N) is 5. The fourth-order valence-corrected chi connectivity index (χ4v) is 6.84. The molecule has 0 aromatic heterocycles. The van der Waals surface area contributed by atoms with Crippen molar-refractivity contribution in [1.82, 2.24) is 37.2 Å². The molecule has 0 aromatic carbocycles. The molecule has 72 heavy (non-hydrogen) atoms. The molecule has 0 saturated carbocycles. The van der Waals surface area contributed by atoms with E-state index in [1.54, 1.807) is 6.92 Å². The number of rotatable bonds is 41. The van der Waals surface area contributed by atoms with Gasteiger partial charge in [-0.05, 0) is 70.6 Å². The zero-order valence-corrected chi connectivity index (χ0v) is 41.1. The molecule has 406 valence electrons. The number of unbranched alkanes of at least 4 members (excludes halogenated alkanes) is 2. The number of carbonyl (C=O) groups excluding carboxylic acids is 10. The van der Waals surface area contributed by atoms with E-state index in [2.05, 4.69) is 42.2 Å². The Morgan fingerprint density at radius 1 is 0.486 bits per heavy atom. The summed E-state index contributed by atoms with van der Waals surface area (Å²) in [5.74, 6) is -10.5. The number of amides is 9. The van der Waals surface area contributed by atoms with Crippen LogP contribution in [-0.2, 0) is 57.5 Å². The number of aliphatic imine (C=N–C) groups is 1. The standard InChI is InChI=1S/C44H76N14O14/c1-3-10-28(39(68)57-31(19-21-34(47)61)42(71)56-29(12-5-6-14-33(45)46)40(69)54-27(38(48)67)13-8-24-52-44(49)50)55-43(72)32(20-22-35(62)51-23-9-16-37(65)66)58-41(70)30(53-25(2)59)18-17-26(60)11-4-7-15-36(63)64/h27-32H,3-24H2,1-2H3,(H3,45,46)(H2,47,61)(H2,48,67)(H,51,62)(H,53,59)(H,54,69)(H,55,72)(H,56,71)(H,57,68)(H,58,70)(H,63,64)(H,65,66)(H4,49,50,52). The van der Waals surface area contributed by atoms with Crippen molar-refractivity contribution >= 4 is 82.7 Å². The van der Waals surface area contributed by atoms with E-state index >= 15 is 0 Å². The van der Waals surface area contributed by atoms with Crippen molar-refractivity contribution in [1.29, 1.82) is 5.41 Å². The summed E-state index contributed by atoms with van der Waals surface area (Å²) >= 11 is 0. The third kappa shape index (κ3) is 31.7. The fraction of sp³-hybridized carbons (Fsp3) is 0.682. The monoisotopic (exact) mass is 1020 g/mol. The van der Waals surface area contributed by atoms with Crippen LogP contribution in [0.1, 0.15) is 142 Å². The minimum absolute atomic E-state index is 0.0133. The average Bonchev–Trinajstić information content (AvgIpc) is 3.28. The Morgan fingerprint density at radius 3 is 1.39 bits per heavy atom. The van der Waals surface area contributed by atoms with Gasteiger partial charge < -0.3 is 76.1 Å². The Kier molecular flexibility index (Phi) is 32.7. The number of carboxylic acids is 2. The van der Waals surface area contributed by atoms with Crippen LogP contribution >= 0.6 is 0 Å². The van der Waals surface area contributed by atoms with Crippen molar-refractivity contribution in [3.05, 3.63) is 0 Å². The van der Waals surface area contributed by atoms with Crippen LogP contribution in [0.2, 0.25) is 0 Å². The molecule has 0 saturated heterocycles. The highest BCUT2D eigenvalue weighted by atomic mass is 16.4. The van der Waals surface area contributed by atoms with Crippen LogP contribution < -0.4 is 65.9 Å². The molecule has 0 fully saturated rings. The van der Waals surface area contributed by atoms with E-state index in [9.17, 15) is 57.5 Å². The number of Topliss-reactive ketones (excluding diaryl/α,β-unsaturated/α-hetero) is 1. The summed E-state index contributed by atoms with van der Waals surface area (Å²) < 4.78 is 0. The first-order chi connectivity index (χ1) is 33.9. The molecule has 28 heteroatoms.